The van der Waals surface area contributed by atoms with Crippen molar-refractivity contribution in [1.82, 2.24) is 5.32 Å². The van der Waals surface area contributed by atoms with Crippen LogP contribution in [-0.2, 0) is 18.4 Å². The monoisotopic (exact) mass is 831 g/mol. The topological polar surface area (TPSA) is 108 Å². The van der Waals surface area contributed by atoms with Crippen molar-refractivity contribution in [3.05, 3.63) is 0 Å². The molecule has 0 aliphatic rings. The lowest BCUT2D eigenvalue weighted by atomic mass is 10.0. The van der Waals surface area contributed by atoms with Gasteiger partial charge in [0.2, 0.25) is 5.91 Å². The molecule has 0 saturated carbocycles. The molecular formula is C48H99N2O6P. The first-order valence-corrected chi connectivity index (χ1v) is 26.3. The van der Waals surface area contributed by atoms with Gasteiger partial charge in [-0.05, 0) is 12.8 Å². The highest BCUT2D eigenvalue weighted by Crippen LogP contribution is 2.38. The summed E-state index contributed by atoms with van der Waals surface area (Å²) < 4.78 is 23.2. The van der Waals surface area contributed by atoms with Crippen LogP contribution < -0.4 is 10.2 Å². The zero-order valence-corrected chi connectivity index (χ0v) is 39.7. The highest BCUT2D eigenvalue weighted by Gasteiger charge is 2.24. The molecule has 0 aromatic heterocycles. The minimum absolute atomic E-state index is 0.0158. The minimum atomic E-state index is -4.55. The molecule has 0 aliphatic heterocycles. The van der Waals surface area contributed by atoms with Gasteiger partial charge in [0.25, 0.3) is 7.82 Å². The Kier molecular flexibility index (Phi) is 40.5. The molecule has 0 saturated heterocycles. The van der Waals surface area contributed by atoms with Crippen molar-refractivity contribution < 1.29 is 32.9 Å². The third-order valence-electron chi connectivity index (χ3n) is 11.6. The number of aliphatic hydroxyl groups is 1. The molecule has 0 aromatic carbocycles. The Hall–Kier alpha value is -0.500. The second-order valence-corrected chi connectivity index (χ2v) is 19.9. The lowest BCUT2D eigenvalue weighted by Gasteiger charge is -2.30. The zero-order valence-electron chi connectivity index (χ0n) is 38.8. The number of aliphatic hydroxyl groups excluding tert-OH is 1. The maximum atomic E-state index is 12.8. The number of carbonyl (C=O) groups excluding carboxylic acids is 1. The molecule has 0 aliphatic carbocycles. The number of nitrogens with one attached hydrogen (secondary N) is 1. The Balaban J connectivity index is 4.00. The molecule has 3 unspecified atom stereocenters. The highest BCUT2D eigenvalue weighted by atomic mass is 31.2. The largest absolute Gasteiger partial charge is 0.756 e. The van der Waals surface area contributed by atoms with Gasteiger partial charge in [0.1, 0.15) is 13.2 Å². The van der Waals surface area contributed by atoms with Gasteiger partial charge in [0.15, 0.2) is 0 Å². The second kappa shape index (κ2) is 40.9. The van der Waals surface area contributed by atoms with Gasteiger partial charge < -0.3 is 28.8 Å². The molecule has 0 bridgehead atoms. The van der Waals surface area contributed by atoms with Crippen molar-refractivity contribution >= 4 is 13.7 Å². The van der Waals surface area contributed by atoms with Gasteiger partial charge in [-0.15, -0.1) is 0 Å². The fourth-order valence-electron chi connectivity index (χ4n) is 7.63. The Morgan fingerprint density at radius 2 is 0.860 bits per heavy atom. The SMILES string of the molecule is CCCCCCCCCCCCCCCCCCCCCCCCCCCCCC(O)C(COP(=O)([O-])OCC[N+](C)(C)C)NC(=O)CCCCCCCCCC. The highest BCUT2D eigenvalue weighted by molar-refractivity contribution is 7.45. The van der Waals surface area contributed by atoms with Crippen LogP contribution in [0, 0.1) is 0 Å². The summed E-state index contributed by atoms with van der Waals surface area (Å²) >= 11 is 0. The van der Waals surface area contributed by atoms with E-state index in [2.05, 4.69) is 19.2 Å². The number of phosphoric ester groups is 1. The van der Waals surface area contributed by atoms with E-state index in [1.165, 1.54) is 186 Å². The maximum Gasteiger partial charge on any atom is 0.268 e. The van der Waals surface area contributed by atoms with Crippen LogP contribution in [-0.4, -0.2) is 68.5 Å². The molecule has 0 heterocycles. The minimum Gasteiger partial charge on any atom is -0.756 e. The van der Waals surface area contributed by atoms with Crippen LogP contribution in [0.1, 0.15) is 251 Å². The smallest absolute Gasteiger partial charge is 0.268 e. The second-order valence-electron chi connectivity index (χ2n) is 18.5. The van der Waals surface area contributed by atoms with E-state index in [-0.39, 0.29) is 19.1 Å². The number of phosphoric acid groups is 1. The van der Waals surface area contributed by atoms with Crippen molar-refractivity contribution in [3.63, 3.8) is 0 Å². The molecule has 8 nitrogen and oxygen atoms in total. The molecule has 3 atom stereocenters. The Bertz CT molecular complexity index is 901. The van der Waals surface area contributed by atoms with Crippen LogP contribution in [0.2, 0.25) is 0 Å². The molecule has 0 aromatic rings. The first-order valence-electron chi connectivity index (χ1n) is 24.9. The quantitative estimate of drug-likeness (QED) is 0.0359. The van der Waals surface area contributed by atoms with Crippen LogP contribution in [0.5, 0.6) is 0 Å². The summed E-state index contributed by atoms with van der Waals surface area (Å²) in [6.07, 6.45) is 45.7. The number of nitrogens with zero attached hydrogens (tertiary/aromatic N) is 1. The first-order chi connectivity index (χ1) is 27.5. The lowest BCUT2D eigenvalue weighted by Crippen LogP contribution is -2.46. The van der Waals surface area contributed by atoms with Gasteiger partial charge in [-0.25, -0.2) is 0 Å². The molecule has 0 fully saturated rings. The molecule has 2 N–H and O–H groups in total. The number of unbranched alkanes of at least 4 members (excludes halogenated alkanes) is 33. The standard InChI is InChI=1S/C48H99N2O6P/c1-6-8-10-12-14-16-17-18-19-20-21-22-23-24-25-26-27-28-29-30-31-32-33-34-35-37-39-41-47(51)46(45-56-57(53,54)55-44-43-50(3,4)5)49-48(52)42-40-38-36-15-13-11-9-7-2/h46-47,51H,6-45H2,1-5H3,(H-,49,52,53,54). The molecule has 0 spiro atoms. The van der Waals surface area contributed by atoms with Gasteiger partial charge in [-0.2, -0.15) is 0 Å². The van der Waals surface area contributed by atoms with Gasteiger partial charge in [-0.3, -0.25) is 9.36 Å². The van der Waals surface area contributed by atoms with E-state index in [0.717, 1.165) is 38.5 Å². The number of amides is 1. The van der Waals surface area contributed by atoms with Crippen molar-refractivity contribution in [3.8, 4) is 0 Å². The predicted molar refractivity (Wildman–Crippen MR) is 243 cm³/mol. The lowest BCUT2D eigenvalue weighted by molar-refractivity contribution is -0.870. The van der Waals surface area contributed by atoms with Crippen LogP contribution in [0.25, 0.3) is 0 Å². The Labute approximate surface area is 355 Å². The van der Waals surface area contributed by atoms with Crippen LogP contribution in [0.15, 0.2) is 0 Å². The fraction of sp³-hybridized carbons (Fsp3) is 0.979. The molecule has 1 amide bonds. The zero-order chi connectivity index (χ0) is 42.1. The Morgan fingerprint density at radius 1 is 0.544 bits per heavy atom. The van der Waals surface area contributed by atoms with Gasteiger partial charge >= 0.3 is 0 Å². The summed E-state index contributed by atoms with van der Waals surface area (Å²) in [7, 11) is 1.32. The van der Waals surface area contributed by atoms with Crippen molar-refractivity contribution in [2.45, 2.75) is 264 Å². The average molecular weight is 831 g/mol. The van der Waals surface area contributed by atoms with E-state index >= 15 is 0 Å². The number of hydrogen-bond donors (Lipinski definition) is 2. The van der Waals surface area contributed by atoms with Crippen LogP contribution >= 0.6 is 7.82 Å². The number of hydrogen-bond acceptors (Lipinski definition) is 6. The van der Waals surface area contributed by atoms with Gasteiger partial charge in [0, 0.05) is 6.42 Å². The van der Waals surface area contributed by atoms with Crippen molar-refractivity contribution in [1.29, 1.82) is 0 Å². The van der Waals surface area contributed by atoms with Crippen LogP contribution in [0.4, 0.5) is 0 Å². The molecule has 0 radical (unpaired) electrons. The number of carbonyl (C=O) groups is 1. The van der Waals surface area contributed by atoms with E-state index in [0.29, 0.717) is 23.9 Å². The third-order valence-corrected chi connectivity index (χ3v) is 12.6. The summed E-state index contributed by atoms with van der Waals surface area (Å²) in [5.74, 6) is -0.166. The summed E-state index contributed by atoms with van der Waals surface area (Å²) in [5, 5.41) is 13.9. The predicted octanol–water partition coefficient (Wildman–Crippen LogP) is 13.5. The summed E-state index contributed by atoms with van der Waals surface area (Å²) in [6.45, 7) is 4.71. The first kappa shape index (κ1) is 56.5. The number of rotatable bonds is 46. The Morgan fingerprint density at radius 3 is 1.19 bits per heavy atom. The molecule has 9 heteroatoms. The van der Waals surface area contributed by atoms with Crippen molar-refractivity contribution in [2.75, 3.05) is 40.9 Å². The average Bonchev–Trinajstić information content (AvgIpc) is 3.16. The van der Waals surface area contributed by atoms with E-state index in [1.54, 1.807) is 0 Å². The van der Waals surface area contributed by atoms with Gasteiger partial charge in [0.05, 0.1) is 39.9 Å². The number of likely N-dealkylation sites (N-methyl/N-ethyl adjacent to an activating group) is 1. The van der Waals surface area contributed by atoms with Crippen LogP contribution in [0.3, 0.4) is 0 Å². The van der Waals surface area contributed by atoms with Crippen molar-refractivity contribution in [2.24, 2.45) is 0 Å². The van der Waals surface area contributed by atoms with Gasteiger partial charge in [-0.1, -0.05) is 232 Å². The molecule has 342 valence electrons. The molecule has 57 heavy (non-hydrogen) atoms. The van der Waals surface area contributed by atoms with E-state index in [4.69, 9.17) is 9.05 Å². The molecule has 0 rings (SSSR count). The summed E-state index contributed by atoms with van der Waals surface area (Å²) in [4.78, 5) is 25.2. The summed E-state index contributed by atoms with van der Waals surface area (Å²) in [5.41, 5.74) is 0. The van der Waals surface area contributed by atoms with E-state index in [9.17, 15) is 19.4 Å². The van der Waals surface area contributed by atoms with E-state index in [1.807, 2.05) is 21.1 Å². The third kappa shape index (κ3) is 43.4. The summed E-state index contributed by atoms with van der Waals surface area (Å²) in [6, 6.07) is -0.792. The maximum absolute atomic E-state index is 12.8. The fourth-order valence-corrected chi connectivity index (χ4v) is 8.35. The normalized spacial score (nSPS) is 14.2. The van der Waals surface area contributed by atoms with E-state index < -0.39 is 20.0 Å². The molecular weight excluding hydrogens is 732 g/mol. The number of quaternary nitrogens is 1.